The van der Waals surface area contributed by atoms with E-state index in [-0.39, 0.29) is 24.4 Å². The molecule has 110 valence electrons. The number of fused-ring (bicyclic) bond motifs is 1. The van der Waals surface area contributed by atoms with Gasteiger partial charge in [0.15, 0.2) is 0 Å². The van der Waals surface area contributed by atoms with Gasteiger partial charge in [0.1, 0.15) is 0 Å². The van der Waals surface area contributed by atoms with Crippen LogP contribution in [0, 0.1) is 23.2 Å². The molecule has 0 bridgehead atoms. The number of hydrogen-bond acceptors (Lipinski definition) is 2. The number of carbonyl (C=O) groups is 1. The van der Waals surface area contributed by atoms with Crippen molar-refractivity contribution in [2.75, 3.05) is 6.54 Å². The van der Waals surface area contributed by atoms with Crippen LogP contribution in [0.15, 0.2) is 0 Å². The minimum Gasteiger partial charge on any atom is -0.355 e. The van der Waals surface area contributed by atoms with Crippen LogP contribution in [0.2, 0.25) is 0 Å². The summed E-state index contributed by atoms with van der Waals surface area (Å²) in [7, 11) is 0. The fourth-order valence-electron chi connectivity index (χ4n) is 3.10. The smallest absolute Gasteiger partial charge is 0.252 e. The lowest BCUT2D eigenvalue weighted by Gasteiger charge is -2.37. The number of nitrogens with one attached hydrogen (secondary N) is 1. The summed E-state index contributed by atoms with van der Waals surface area (Å²) in [6, 6.07) is 0.235. The van der Waals surface area contributed by atoms with Crippen molar-refractivity contribution in [3.63, 3.8) is 0 Å². The topological polar surface area (TPSA) is 55.1 Å². The Morgan fingerprint density at radius 3 is 2.37 bits per heavy atom. The van der Waals surface area contributed by atoms with Gasteiger partial charge in [0, 0.05) is 23.9 Å². The van der Waals surface area contributed by atoms with Gasteiger partial charge in [-0.1, -0.05) is 13.8 Å². The van der Waals surface area contributed by atoms with Gasteiger partial charge in [-0.15, -0.1) is 0 Å². The summed E-state index contributed by atoms with van der Waals surface area (Å²) in [5.41, 5.74) is 4.67. The molecule has 2 rings (SSSR count). The van der Waals surface area contributed by atoms with Gasteiger partial charge < -0.3 is 11.1 Å². The lowest BCUT2D eigenvalue weighted by atomic mass is 9.72. The Balaban J connectivity index is 1.83. The van der Waals surface area contributed by atoms with Crippen LogP contribution in [-0.4, -0.2) is 24.4 Å². The normalized spacial score (nSPS) is 34.6. The number of halogens is 2. The van der Waals surface area contributed by atoms with E-state index in [1.165, 1.54) is 13.8 Å². The third kappa shape index (κ3) is 2.76. The maximum atomic E-state index is 13.3. The summed E-state index contributed by atoms with van der Waals surface area (Å²) < 4.78 is 26.7. The number of carbonyl (C=O) groups excluding carboxylic acids is 1. The highest BCUT2D eigenvalue weighted by molar-refractivity contribution is 5.79. The Morgan fingerprint density at radius 2 is 1.89 bits per heavy atom. The maximum Gasteiger partial charge on any atom is 0.252 e. The van der Waals surface area contributed by atoms with E-state index in [0.717, 1.165) is 26.2 Å². The zero-order valence-corrected chi connectivity index (χ0v) is 11.9. The average Bonchev–Trinajstić information content (AvgIpc) is 2.62. The highest BCUT2D eigenvalue weighted by Crippen LogP contribution is 2.48. The van der Waals surface area contributed by atoms with Crippen molar-refractivity contribution in [2.45, 2.75) is 52.0 Å². The van der Waals surface area contributed by atoms with Crippen LogP contribution in [0.3, 0.4) is 0 Å². The van der Waals surface area contributed by atoms with Crippen LogP contribution >= 0.6 is 0 Å². The van der Waals surface area contributed by atoms with E-state index in [1.807, 2.05) is 0 Å². The molecule has 2 aliphatic carbocycles. The largest absolute Gasteiger partial charge is 0.355 e. The van der Waals surface area contributed by atoms with E-state index in [4.69, 9.17) is 5.73 Å². The second-order valence-electron chi connectivity index (χ2n) is 6.98. The van der Waals surface area contributed by atoms with E-state index in [2.05, 4.69) is 5.32 Å². The fourth-order valence-corrected chi connectivity index (χ4v) is 3.10. The quantitative estimate of drug-likeness (QED) is 0.825. The third-order valence-electron chi connectivity index (χ3n) is 5.14. The predicted molar refractivity (Wildman–Crippen MR) is 69.7 cm³/mol. The van der Waals surface area contributed by atoms with Crippen molar-refractivity contribution in [1.82, 2.24) is 5.32 Å². The minimum atomic E-state index is -2.81. The van der Waals surface area contributed by atoms with Crippen LogP contribution < -0.4 is 11.1 Å². The molecule has 5 heteroatoms. The molecule has 19 heavy (non-hydrogen) atoms. The van der Waals surface area contributed by atoms with Crippen LogP contribution in [-0.2, 0) is 4.79 Å². The molecule has 1 amide bonds. The summed E-state index contributed by atoms with van der Waals surface area (Å²) in [4.78, 5) is 12.0. The molecule has 0 heterocycles. The Bertz CT molecular complexity index is 365. The van der Waals surface area contributed by atoms with Gasteiger partial charge in [0.2, 0.25) is 5.91 Å². The molecule has 1 unspecified atom stereocenters. The van der Waals surface area contributed by atoms with Crippen molar-refractivity contribution in [3.8, 4) is 0 Å². The summed E-state index contributed by atoms with van der Waals surface area (Å²) >= 11 is 0. The molecule has 0 spiro atoms. The molecule has 0 aromatic carbocycles. The molecule has 0 saturated heterocycles. The first-order valence-electron chi connectivity index (χ1n) is 7.03. The Hall–Kier alpha value is -0.710. The van der Waals surface area contributed by atoms with Crippen molar-refractivity contribution < 1.29 is 13.6 Å². The number of amides is 1. The first-order chi connectivity index (χ1) is 8.62. The number of rotatable bonds is 4. The second-order valence-corrected chi connectivity index (χ2v) is 6.98. The Labute approximate surface area is 113 Å². The molecule has 0 aliphatic heterocycles. The molecular formula is C14H24F2N2O. The highest BCUT2D eigenvalue weighted by Gasteiger charge is 2.48. The van der Waals surface area contributed by atoms with Crippen molar-refractivity contribution in [1.29, 1.82) is 0 Å². The summed E-state index contributed by atoms with van der Waals surface area (Å²) in [6.45, 7) is 3.85. The maximum absolute atomic E-state index is 13.3. The molecule has 2 aliphatic rings. The van der Waals surface area contributed by atoms with E-state index in [0.29, 0.717) is 11.8 Å². The SMILES string of the molecule is CC(F)(F)C(C)(C)CNC(=O)C1C[C@@H]2C[C@H](N)[C@@H]2C1. The van der Waals surface area contributed by atoms with E-state index in [9.17, 15) is 13.6 Å². The molecule has 0 radical (unpaired) electrons. The number of nitrogens with two attached hydrogens (primary N) is 1. The van der Waals surface area contributed by atoms with E-state index >= 15 is 0 Å². The molecular weight excluding hydrogens is 250 g/mol. The molecule has 0 aromatic rings. The Morgan fingerprint density at radius 1 is 1.26 bits per heavy atom. The molecule has 2 fully saturated rings. The first-order valence-corrected chi connectivity index (χ1v) is 7.03. The zero-order chi connectivity index (χ0) is 14.4. The van der Waals surface area contributed by atoms with Gasteiger partial charge >= 0.3 is 0 Å². The van der Waals surface area contributed by atoms with Crippen molar-refractivity contribution in [2.24, 2.45) is 28.9 Å². The van der Waals surface area contributed by atoms with E-state index < -0.39 is 11.3 Å². The minimum absolute atomic E-state index is 0.00716. The molecule has 3 nitrogen and oxygen atoms in total. The summed E-state index contributed by atoms with van der Waals surface area (Å²) in [5, 5.41) is 2.70. The number of alkyl halides is 2. The van der Waals surface area contributed by atoms with Crippen molar-refractivity contribution >= 4 is 5.91 Å². The summed E-state index contributed by atoms with van der Waals surface area (Å²) in [5.74, 6) is -1.89. The Kier molecular flexibility index (Phi) is 3.62. The van der Waals surface area contributed by atoms with Crippen molar-refractivity contribution in [3.05, 3.63) is 0 Å². The predicted octanol–water partition coefficient (Wildman–Crippen LogP) is 2.16. The van der Waals surface area contributed by atoms with Crippen LogP contribution in [0.25, 0.3) is 0 Å². The van der Waals surface area contributed by atoms with Gasteiger partial charge in [0.25, 0.3) is 5.92 Å². The lowest BCUT2D eigenvalue weighted by molar-refractivity contribution is -0.128. The van der Waals surface area contributed by atoms with Crippen LogP contribution in [0.4, 0.5) is 8.78 Å². The van der Waals surface area contributed by atoms with Gasteiger partial charge in [-0.05, 0) is 38.0 Å². The van der Waals surface area contributed by atoms with Gasteiger partial charge in [-0.25, -0.2) is 8.78 Å². The van der Waals surface area contributed by atoms with Crippen LogP contribution in [0.1, 0.15) is 40.0 Å². The van der Waals surface area contributed by atoms with Crippen LogP contribution in [0.5, 0.6) is 0 Å². The second kappa shape index (κ2) is 4.69. The number of hydrogen-bond donors (Lipinski definition) is 2. The molecule has 4 atom stereocenters. The standard InChI is InChI=1S/C14H24F2N2O/c1-13(2,14(3,15)16)7-18-12(19)9-4-8-6-11(17)10(8)5-9/h8-11H,4-7,17H2,1-3H3,(H,18,19)/t8-,9?,10-,11+/m1/s1. The van der Waals surface area contributed by atoms with E-state index in [1.54, 1.807) is 0 Å². The summed E-state index contributed by atoms with van der Waals surface area (Å²) in [6.07, 6.45) is 2.70. The molecule has 0 aromatic heterocycles. The monoisotopic (exact) mass is 274 g/mol. The fraction of sp³-hybridized carbons (Fsp3) is 0.929. The third-order valence-corrected chi connectivity index (χ3v) is 5.14. The average molecular weight is 274 g/mol. The van der Waals surface area contributed by atoms with Gasteiger partial charge in [-0.2, -0.15) is 0 Å². The first kappa shape index (κ1) is 14.7. The lowest BCUT2D eigenvalue weighted by Crippen LogP contribution is -2.45. The molecule has 2 saturated carbocycles. The highest BCUT2D eigenvalue weighted by atomic mass is 19.3. The van der Waals surface area contributed by atoms with Gasteiger partial charge in [-0.3, -0.25) is 4.79 Å². The van der Waals surface area contributed by atoms with Gasteiger partial charge in [0.05, 0.1) is 0 Å². The zero-order valence-electron chi connectivity index (χ0n) is 11.9. The molecule has 3 N–H and O–H groups in total.